The van der Waals surface area contributed by atoms with E-state index in [2.05, 4.69) is 0 Å². The van der Waals surface area contributed by atoms with Gasteiger partial charge in [-0.1, -0.05) is 6.92 Å². The molecule has 0 saturated carbocycles. The Bertz CT molecular complexity index is 183. The molecule has 0 aromatic rings. The van der Waals surface area contributed by atoms with Crippen molar-refractivity contribution < 1.29 is 9.53 Å². The maximum absolute atomic E-state index is 11.0. The molecule has 1 fully saturated rings. The number of ketones is 1. The Morgan fingerprint density at radius 1 is 1.90 bits per heavy atom. The summed E-state index contributed by atoms with van der Waals surface area (Å²) in [5.74, 6) is -0.560. The van der Waals surface area contributed by atoms with Gasteiger partial charge in [-0.3, -0.25) is 4.79 Å². The molecule has 1 aliphatic rings. The van der Waals surface area contributed by atoms with E-state index in [1.54, 1.807) is 0 Å². The fourth-order valence-corrected chi connectivity index (χ4v) is 1.02. The summed E-state index contributed by atoms with van der Waals surface area (Å²) in [7, 11) is 0. The van der Waals surface area contributed by atoms with Gasteiger partial charge < -0.3 is 4.74 Å². The van der Waals surface area contributed by atoms with Crippen molar-refractivity contribution in [2.45, 2.75) is 19.4 Å². The molecule has 0 bridgehead atoms. The minimum atomic E-state index is -0.509. The van der Waals surface area contributed by atoms with Crippen LogP contribution in [-0.2, 0) is 9.53 Å². The van der Waals surface area contributed by atoms with E-state index < -0.39 is 5.92 Å². The Hall–Kier alpha value is -0.880. The van der Waals surface area contributed by atoms with Crippen LogP contribution in [0.3, 0.4) is 0 Å². The van der Waals surface area contributed by atoms with E-state index in [4.69, 9.17) is 10.00 Å². The van der Waals surface area contributed by atoms with Crippen LogP contribution in [0.4, 0.5) is 0 Å². The zero-order chi connectivity index (χ0) is 7.56. The average molecular weight is 139 g/mol. The Morgan fingerprint density at radius 3 is 2.90 bits per heavy atom. The zero-order valence-electron chi connectivity index (χ0n) is 5.83. The van der Waals surface area contributed by atoms with Gasteiger partial charge in [0.15, 0.2) is 5.78 Å². The molecule has 2 unspecified atom stereocenters. The molecule has 3 nitrogen and oxygen atoms in total. The van der Waals surface area contributed by atoms with Gasteiger partial charge in [0, 0.05) is 0 Å². The normalized spacial score (nSPS) is 32.2. The van der Waals surface area contributed by atoms with Gasteiger partial charge >= 0.3 is 0 Å². The SMILES string of the molecule is CCC1OCC(C#N)C1=O. The zero-order valence-corrected chi connectivity index (χ0v) is 5.83. The van der Waals surface area contributed by atoms with Crippen LogP contribution in [-0.4, -0.2) is 18.5 Å². The number of hydrogen-bond donors (Lipinski definition) is 0. The number of rotatable bonds is 1. The van der Waals surface area contributed by atoms with Gasteiger partial charge in [0.05, 0.1) is 12.7 Å². The summed E-state index contributed by atoms with van der Waals surface area (Å²) in [6.07, 6.45) is 0.362. The maximum atomic E-state index is 11.0. The molecular formula is C7H9NO2. The Morgan fingerprint density at radius 2 is 2.60 bits per heavy atom. The number of carbonyl (C=O) groups excluding carboxylic acids is 1. The first-order valence-corrected chi connectivity index (χ1v) is 3.34. The highest BCUT2D eigenvalue weighted by atomic mass is 16.5. The topological polar surface area (TPSA) is 50.1 Å². The van der Waals surface area contributed by atoms with Crippen LogP contribution in [0.2, 0.25) is 0 Å². The molecule has 2 atom stereocenters. The smallest absolute Gasteiger partial charge is 0.180 e. The number of nitriles is 1. The summed E-state index contributed by atoms with van der Waals surface area (Å²) in [4.78, 5) is 11.0. The van der Waals surface area contributed by atoms with Crippen LogP contribution in [0, 0.1) is 17.2 Å². The van der Waals surface area contributed by atoms with Gasteiger partial charge in [0.2, 0.25) is 0 Å². The fourth-order valence-electron chi connectivity index (χ4n) is 1.02. The fraction of sp³-hybridized carbons (Fsp3) is 0.714. The Balaban J connectivity index is 2.60. The van der Waals surface area contributed by atoms with Crippen molar-refractivity contribution in [2.75, 3.05) is 6.61 Å². The van der Waals surface area contributed by atoms with Crippen LogP contribution in [0.15, 0.2) is 0 Å². The number of Topliss-reactive ketones (excluding diaryl/α,β-unsaturated/α-hetero) is 1. The third-order valence-corrected chi connectivity index (χ3v) is 1.65. The average Bonchev–Trinajstić information content (AvgIpc) is 2.30. The van der Waals surface area contributed by atoms with Crippen molar-refractivity contribution in [2.24, 2.45) is 5.92 Å². The third kappa shape index (κ3) is 1.03. The highest BCUT2D eigenvalue weighted by molar-refractivity contribution is 5.89. The van der Waals surface area contributed by atoms with Crippen molar-refractivity contribution in [1.82, 2.24) is 0 Å². The van der Waals surface area contributed by atoms with Crippen LogP contribution >= 0.6 is 0 Å². The summed E-state index contributed by atoms with van der Waals surface area (Å²) < 4.78 is 5.05. The van der Waals surface area contributed by atoms with Crippen LogP contribution in [0.25, 0.3) is 0 Å². The van der Waals surface area contributed by atoms with E-state index in [9.17, 15) is 4.79 Å². The number of hydrogen-bond acceptors (Lipinski definition) is 3. The minimum absolute atomic E-state index is 0.0509. The third-order valence-electron chi connectivity index (χ3n) is 1.65. The quantitative estimate of drug-likeness (QED) is 0.531. The van der Waals surface area contributed by atoms with E-state index in [1.165, 1.54) is 0 Å². The summed E-state index contributed by atoms with van der Waals surface area (Å²) in [6, 6.07) is 1.90. The largest absolute Gasteiger partial charge is 0.369 e. The molecule has 1 heterocycles. The van der Waals surface area contributed by atoms with E-state index in [1.807, 2.05) is 13.0 Å². The molecule has 54 valence electrons. The second kappa shape index (κ2) is 2.80. The lowest BCUT2D eigenvalue weighted by Crippen LogP contribution is -2.17. The second-order valence-electron chi connectivity index (χ2n) is 2.31. The number of ether oxygens (including phenoxy) is 1. The lowest BCUT2D eigenvalue weighted by Gasteiger charge is -2.00. The van der Waals surface area contributed by atoms with Crippen LogP contribution in [0.1, 0.15) is 13.3 Å². The highest BCUT2D eigenvalue weighted by Gasteiger charge is 2.33. The monoisotopic (exact) mass is 139 g/mol. The summed E-state index contributed by atoms with van der Waals surface area (Å²) >= 11 is 0. The van der Waals surface area contributed by atoms with Gasteiger partial charge in [0.25, 0.3) is 0 Å². The first-order valence-electron chi connectivity index (χ1n) is 3.34. The standard InChI is InChI=1S/C7H9NO2/c1-2-6-7(9)5(3-8)4-10-6/h5-6H,2,4H2,1H3. The molecule has 0 amide bonds. The predicted molar refractivity (Wildman–Crippen MR) is 34.1 cm³/mol. The molecule has 0 radical (unpaired) electrons. The molecule has 10 heavy (non-hydrogen) atoms. The van der Waals surface area contributed by atoms with Crippen molar-refractivity contribution in [3.05, 3.63) is 0 Å². The Labute approximate surface area is 59.6 Å². The lowest BCUT2D eigenvalue weighted by molar-refractivity contribution is -0.123. The van der Waals surface area contributed by atoms with Crippen molar-refractivity contribution in [3.63, 3.8) is 0 Å². The van der Waals surface area contributed by atoms with Gasteiger partial charge in [-0.2, -0.15) is 5.26 Å². The molecule has 0 spiro atoms. The molecule has 0 aromatic heterocycles. The molecule has 1 aliphatic heterocycles. The molecule has 0 aliphatic carbocycles. The minimum Gasteiger partial charge on any atom is -0.369 e. The second-order valence-corrected chi connectivity index (χ2v) is 2.31. The van der Waals surface area contributed by atoms with E-state index >= 15 is 0 Å². The van der Waals surface area contributed by atoms with Crippen molar-refractivity contribution in [3.8, 4) is 6.07 Å². The van der Waals surface area contributed by atoms with Gasteiger partial charge in [-0.25, -0.2) is 0 Å². The van der Waals surface area contributed by atoms with Crippen molar-refractivity contribution in [1.29, 1.82) is 5.26 Å². The van der Waals surface area contributed by atoms with Gasteiger partial charge in [-0.15, -0.1) is 0 Å². The number of carbonyl (C=O) groups is 1. The lowest BCUT2D eigenvalue weighted by atomic mass is 10.0. The molecular weight excluding hydrogens is 130 g/mol. The van der Waals surface area contributed by atoms with Crippen molar-refractivity contribution >= 4 is 5.78 Å². The first kappa shape index (κ1) is 7.23. The summed E-state index contributed by atoms with van der Waals surface area (Å²) in [5.41, 5.74) is 0. The Kier molecular flexibility index (Phi) is 2.03. The molecule has 0 N–H and O–H groups in total. The molecule has 1 rings (SSSR count). The maximum Gasteiger partial charge on any atom is 0.180 e. The van der Waals surface area contributed by atoms with E-state index in [-0.39, 0.29) is 18.5 Å². The van der Waals surface area contributed by atoms with E-state index in [0.29, 0.717) is 6.42 Å². The van der Waals surface area contributed by atoms with Crippen LogP contribution < -0.4 is 0 Å². The number of nitrogens with zero attached hydrogens (tertiary/aromatic N) is 1. The molecule has 0 aromatic carbocycles. The van der Waals surface area contributed by atoms with E-state index in [0.717, 1.165) is 0 Å². The van der Waals surface area contributed by atoms with Gasteiger partial charge in [-0.05, 0) is 6.42 Å². The highest BCUT2D eigenvalue weighted by Crippen LogP contribution is 2.16. The van der Waals surface area contributed by atoms with Gasteiger partial charge in [0.1, 0.15) is 12.0 Å². The van der Waals surface area contributed by atoms with Crippen LogP contribution in [0.5, 0.6) is 0 Å². The molecule has 3 heteroatoms. The molecule has 1 saturated heterocycles. The summed E-state index contributed by atoms with van der Waals surface area (Å²) in [5, 5.41) is 8.40. The first-order chi connectivity index (χ1) is 4.79. The predicted octanol–water partition coefficient (Wildman–Crippen LogP) is 0.504. The summed E-state index contributed by atoms with van der Waals surface area (Å²) in [6.45, 7) is 2.16.